The highest BCUT2D eigenvalue weighted by Crippen LogP contribution is 2.13. The number of piperazine rings is 1. The number of hydrogen-bond donors (Lipinski definition) is 4. The van der Waals surface area contributed by atoms with E-state index in [1.165, 1.54) is 0 Å². The van der Waals surface area contributed by atoms with Gasteiger partial charge in [0.2, 0.25) is 0 Å². The second-order valence-corrected chi connectivity index (χ2v) is 5.08. The van der Waals surface area contributed by atoms with Crippen molar-refractivity contribution in [2.75, 3.05) is 52.5 Å². The number of hydrogen-bond acceptors (Lipinski definition) is 5. The lowest BCUT2D eigenvalue weighted by molar-refractivity contribution is -0.142. The van der Waals surface area contributed by atoms with E-state index in [-0.39, 0.29) is 19.2 Å². The lowest BCUT2D eigenvalue weighted by atomic mass is 10.0. The normalized spacial score (nSPS) is 27.2. The fourth-order valence-electron chi connectivity index (χ4n) is 2.42. The van der Waals surface area contributed by atoms with Gasteiger partial charge in [-0.3, -0.25) is 9.69 Å². The molecule has 2 saturated heterocycles. The van der Waals surface area contributed by atoms with Crippen LogP contribution in [-0.2, 0) is 9.53 Å². The lowest BCUT2D eigenvalue weighted by Crippen LogP contribution is -2.50. The number of urea groups is 1. The monoisotopic (exact) mass is 286 g/mol. The first-order valence-corrected chi connectivity index (χ1v) is 6.95. The Labute approximate surface area is 117 Å². The van der Waals surface area contributed by atoms with Gasteiger partial charge >= 0.3 is 12.0 Å². The highest BCUT2D eigenvalue weighted by Gasteiger charge is 2.34. The Morgan fingerprint density at radius 1 is 1.30 bits per heavy atom. The highest BCUT2D eigenvalue weighted by molar-refractivity contribution is 5.77. The molecule has 2 heterocycles. The second kappa shape index (κ2) is 7.41. The zero-order valence-electron chi connectivity index (χ0n) is 11.4. The van der Waals surface area contributed by atoms with Crippen LogP contribution in [-0.4, -0.2) is 80.5 Å². The number of rotatable bonds is 5. The number of amides is 2. The van der Waals surface area contributed by atoms with Crippen LogP contribution >= 0.6 is 0 Å². The van der Waals surface area contributed by atoms with Gasteiger partial charge in [0.25, 0.3) is 0 Å². The van der Waals surface area contributed by atoms with Crippen LogP contribution in [0.4, 0.5) is 4.79 Å². The van der Waals surface area contributed by atoms with E-state index in [1.807, 2.05) is 0 Å². The Kier molecular flexibility index (Phi) is 5.57. The van der Waals surface area contributed by atoms with Crippen LogP contribution in [0.5, 0.6) is 0 Å². The third-order valence-corrected chi connectivity index (χ3v) is 3.64. The van der Waals surface area contributed by atoms with Crippen LogP contribution in [0.2, 0.25) is 0 Å². The largest absolute Gasteiger partial charge is 0.481 e. The van der Waals surface area contributed by atoms with Crippen molar-refractivity contribution in [1.82, 2.24) is 20.9 Å². The summed E-state index contributed by atoms with van der Waals surface area (Å²) in [5.41, 5.74) is 0. The Morgan fingerprint density at radius 3 is 2.75 bits per heavy atom. The van der Waals surface area contributed by atoms with Crippen molar-refractivity contribution < 1.29 is 19.4 Å². The minimum atomic E-state index is -0.936. The molecular formula is C12H22N4O4. The summed E-state index contributed by atoms with van der Waals surface area (Å²) in [6.45, 7) is 5.69. The number of carboxylic acid groups (broad SMARTS) is 1. The first kappa shape index (κ1) is 15.0. The van der Waals surface area contributed by atoms with Gasteiger partial charge in [-0.25, -0.2) is 4.79 Å². The fourth-order valence-corrected chi connectivity index (χ4v) is 2.42. The maximum atomic E-state index is 11.7. The number of nitrogens with one attached hydrogen (secondary N) is 3. The van der Waals surface area contributed by atoms with Crippen LogP contribution in [0.25, 0.3) is 0 Å². The molecule has 2 amide bonds. The van der Waals surface area contributed by atoms with E-state index >= 15 is 0 Å². The van der Waals surface area contributed by atoms with Crippen molar-refractivity contribution >= 4 is 12.0 Å². The number of ether oxygens (including phenoxy) is 1. The molecule has 2 aliphatic rings. The minimum absolute atomic E-state index is 0.154. The third kappa shape index (κ3) is 4.32. The Hall–Kier alpha value is -1.38. The molecule has 2 unspecified atom stereocenters. The zero-order chi connectivity index (χ0) is 14.4. The molecule has 0 aromatic rings. The van der Waals surface area contributed by atoms with Gasteiger partial charge < -0.3 is 25.8 Å². The SMILES string of the molecule is O=C(NCCN1CCNCC1)NC1COCC1C(=O)O. The fraction of sp³-hybridized carbons (Fsp3) is 0.833. The van der Waals surface area contributed by atoms with E-state index in [9.17, 15) is 9.59 Å². The molecule has 2 rings (SSSR count). The van der Waals surface area contributed by atoms with Gasteiger partial charge in [0.05, 0.1) is 19.3 Å². The number of aliphatic carboxylic acids is 1. The van der Waals surface area contributed by atoms with Crippen molar-refractivity contribution in [2.24, 2.45) is 5.92 Å². The minimum Gasteiger partial charge on any atom is -0.481 e. The number of carbonyl (C=O) groups excluding carboxylic acids is 1. The van der Waals surface area contributed by atoms with Crippen LogP contribution in [0.15, 0.2) is 0 Å². The maximum Gasteiger partial charge on any atom is 0.315 e. The topological polar surface area (TPSA) is 103 Å². The summed E-state index contributed by atoms with van der Waals surface area (Å²) >= 11 is 0. The molecule has 0 aromatic heterocycles. The molecule has 8 heteroatoms. The van der Waals surface area contributed by atoms with Gasteiger partial charge in [0, 0.05) is 39.3 Å². The summed E-state index contributed by atoms with van der Waals surface area (Å²) in [5.74, 6) is -1.59. The van der Waals surface area contributed by atoms with Crippen LogP contribution in [0.3, 0.4) is 0 Å². The molecule has 2 fully saturated rings. The molecule has 0 aromatic carbocycles. The first-order chi connectivity index (χ1) is 9.66. The number of nitrogens with zero attached hydrogens (tertiary/aromatic N) is 1. The third-order valence-electron chi connectivity index (χ3n) is 3.64. The lowest BCUT2D eigenvalue weighted by Gasteiger charge is -2.27. The average molecular weight is 286 g/mol. The van der Waals surface area contributed by atoms with Crippen molar-refractivity contribution in [3.8, 4) is 0 Å². The predicted molar refractivity (Wildman–Crippen MR) is 71.6 cm³/mol. The molecule has 0 bridgehead atoms. The maximum absolute atomic E-state index is 11.7. The number of carboxylic acids is 1. The van der Waals surface area contributed by atoms with Crippen molar-refractivity contribution in [1.29, 1.82) is 0 Å². The Balaban J connectivity index is 1.63. The van der Waals surface area contributed by atoms with Gasteiger partial charge in [-0.2, -0.15) is 0 Å². The van der Waals surface area contributed by atoms with Gasteiger partial charge in [0.15, 0.2) is 0 Å². The summed E-state index contributed by atoms with van der Waals surface area (Å²) in [7, 11) is 0. The van der Waals surface area contributed by atoms with E-state index in [4.69, 9.17) is 9.84 Å². The van der Waals surface area contributed by atoms with E-state index in [2.05, 4.69) is 20.9 Å². The first-order valence-electron chi connectivity index (χ1n) is 6.95. The van der Waals surface area contributed by atoms with E-state index in [1.54, 1.807) is 0 Å². The summed E-state index contributed by atoms with van der Waals surface area (Å²) in [5, 5.41) is 17.7. The molecule has 20 heavy (non-hydrogen) atoms. The summed E-state index contributed by atoms with van der Waals surface area (Å²) in [6, 6.07) is -0.784. The van der Waals surface area contributed by atoms with Crippen LogP contribution < -0.4 is 16.0 Å². The van der Waals surface area contributed by atoms with Crippen LogP contribution in [0, 0.1) is 5.92 Å². The molecule has 0 radical (unpaired) electrons. The second-order valence-electron chi connectivity index (χ2n) is 5.08. The zero-order valence-corrected chi connectivity index (χ0v) is 11.4. The molecule has 0 aliphatic carbocycles. The molecule has 0 saturated carbocycles. The van der Waals surface area contributed by atoms with Gasteiger partial charge in [-0.1, -0.05) is 0 Å². The molecule has 8 nitrogen and oxygen atoms in total. The molecule has 2 atom stereocenters. The Morgan fingerprint density at radius 2 is 2.05 bits per heavy atom. The highest BCUT2D eigenvalue weighted by atomic mass is 16.5. The smallest absolute Gasteiger partial charge is 0.315 e. The van der Waals surface area contributed by atoms with Gasteiger partial charge in [-0.15, -0.1) is 0 Å². The molecular weight excluding hydrogens is 264 g/mol. The molecule has 0 spiro atoms. The summed E-state index contributed by atoms with van der Waals surface area (Å²) in [4.78, 5) is 24.9. The van der Waals surface area contributed by atoms with Crippen molar-refractivity contribution in [3.63, 3.8) is 0 Å². The standard InChI is InChI=1S/C12H22N4O4/c17-11(18)9-7-20-8-10(9)15-12(19)14-3-6-16-4-1-13-2-5-16/h9-10,13H,1-8H2,(H,17,18)(H2,14,15,19). The number of carbonyl (C=O) groups is 2. The quantitative estimate of drug-likeness (QED) is 0.480. The summed E-state index contributed by atoms with van der Waals surface area (Å²) in [6.07, 6.45) is 0. The molecule has 4 N–H and O–H groups in total. The Bertz CT molecular complexity index is 346. The molecule has 2 aliphatic heterocycles. The molecule has 114 valence electrons. The predicted octanol–water partition coefficient (Wildman–Crippen LogP) is -1.71. The van der Waals surface area contributed by atoms with E-state index in [0.29, 0.717) is 6.54 Å². The van der Waals surface area contributed by atoms with Gasteiger partial charge in [0.1, 0.15) is 5.92 Å². The van der Waals surface area contributed by atoms with Crippen molar-refractivity contribution in [2.45, 2.75) is 6.04 Å². The van der Waals surface area contributed by atoms with Crippen LogP contribution in [0.1, 0.15) is 0 Å². The van der Waals surface area contributed by atoms with Crippen molar-refractivity contribution in [3.05, 3.63) is 0 Å². The van der Waals surface area contributed by atoms with E-state index in [0.717, 1.165) is 32.7 Å². The van der Waals surface area contributed by atoms with Gasteiger partial charge in [-0.05, 0) is 0 Å². The van der Waals surface area contributed by atoms with E-state index < -0.39 is 17.9 Å². The average Bonchev–Trinajstić information content (AvgIpc) is 2.88. The summed E-state index contributed by atoms with van der Waals surface area (Å²) < 4.78 is 5.09.